The number of benzene rings is 3. The predicted molar refractivity (Wildman–Crippen MR) is 121 cm³/mol. The molecule has 172 valence electrons. The molecule has 4 nitrogen and oxygen atoms in total. The van der Waals surface area contributed by atoms with Gasteiger partial charge in [0.2, 0.25) is 0 Å². The Bertz CT molecular complexity index is 1100. The van der Waals surface area contributed by atoms with Crippen LogP contribution >= 0.6 is 11.8 Å². The van der Waals surface area contributed by atoms with Crippen LogP contribution in [0.5, 0.6) is 0 Å². The van der Waals surface area contributed by atoms with E-state index in [0.717, 1.165) is 11.1 Å². The van der Waals surface area contributed by atoms with Crippen LogP contribution in [0.1, 0.15) is 16.7 Å². The summed E-state index contributed by atoms with van der Waals surface area (Å²) in [7, 11) is 0. The SMILES string of the molecule is O=C(O)OC1CN(Cc2ccc(CSc3ccc(-c4ccccc4)c(C(F)(F)F)c3)cc2)C1. The molecule has 0 atom stereocenters. The van der Waals surface area contributed by atoms with Crippen LogP contribution in [0.25, 0.3) is 11.1 Å². The molecule has 0 bridgehead atoms. The van der Waals surface area contributed by atoms with Crippen molar-refractivity contribution in [3.05, 3.63) is 89.5 Å². The van der Waals surface area contributed by atoms with E-state index < -0.39 is 17.9 Å². The van der Waals surface area contributed by atoms with Gasteiger partial charge in [0.25, 0.3) is 0 Å². The van der Waals surface area contributed by atoms with E-state index >= 15 is 0 Å². The lowest BCUT2D eigenvalue weighted by molar-refractivity contribution is -0.137. The van der Waals surface area contributed by atoms with E-state index in [-0.39, 0.29) is 11.7 Å². The second-order valence-corrected chi connectivity index (χ2v) is 8.92. The third kappa shape index (κ3) is 6.09. The Labute approximate surface area is 194 Å². The second kappa shape index (κ2) is 9.89. The minimum Gasteiger partial charge on any atom is -0.450 e. The number of carboxylic acid groups (broad SMARTS) is 1. The lowest BCUT2D eigenvalue weighted by Gasteiger charge is -2.37. The molecule has 1 heterocycles. The van der Waals surface area contributed by atoms with E-state index in [4.69, 9.17) is 9.84 Å². The van der Waals surface area contributed by atoms with Crippen molar-refractivity contribution < 1.29 is 27.8 Å². The van der Waals surface area contributed by atoms with Crippen LogP contribution in [0.15, 0.2) is 77.7 Å². The summed E-state index contributed by atoms with van der Waals surface area (Å²) in [5, 5.41) is 8.61. The van der Waals surface area contributed by atoms with Crippen LogP contribution in [0.2, 0.25) is 0 Å². The van der Waals surface area contributed by atoms with Gasteiger partial charge in [0, 0.05) is 30.3 Å². The Kier molecular flexibility index (Phi) is 6.95. The Morgan fingerprint density at radius 2 is 1.67 bits per heavy atom. The fraction of sp³-hybridized carbons (Fsp3) is 0.240. The van der Waals surface area contributed by atoms with E-state index in [9.17, 15) is 18.0 Å². The van der Waals surface area contributed by atoms with Crippen molar-refractivity contribution in [3.63, 3.8) is 0 Å². The van der Waals surface area contributed by atoms with E-state index in [1.165, 1.54) is 23.9 Å². The van der Waals surface area contributed by atoms with Gasteiger partial charge in [-0.05, 0) is 34.4 Å². The number of hydrogen-bond acceptors (Lipinski definition) is 4. The average Bonchev–Trinajstić information content (AvgIpc) is 2.77. The molecule has 3 aromatic rings. The molecule has 33 heavy (non-hydrogen) atoms. The molecule has 0 radical (unpaired) electrons. The molecule has 3 aromatic carbocycles. The molecule has 0 spiro atoms. The first-order valence-electron chi connectivity index (χ1n) is 10.4. The molecule has 0 aliphatic carbocycles. The van der Waals surface area contributed by atoms with Crippen LogP contribution in [0.4, 0.5) is 18.0 Å². The van der Waals surface area contributed by atoms with Gasteiger partial charge >= 0.3 is 12.3 Å². The van der Waals surface area contributed by atoms with Gasteiger partial charge in [-0.3, -0.25) is 4.90 Å². The molecule has 1 aliphatic rings. The van der Waals surface area contributed by atoms with Crippen molar-refractivity contribution in [1.82, 2.24) is 4.90 Å². The van der Waals surface area contributed by atoms with Crippen molar-refractivity contribution >= 4 is 17.9 Å². The largest absolute Gasteiger partial charge is 0.506 e. The summed E-state index contributed by atoms with van der Waals surface area (Å²) < 4.78 is 45.8. The highest BCUT2D eigenvalue weighted by atomic mass is 32.2. The highest BCUT2D eigenvalue weighted by molar-refractivity contribution is 7.98. The van der Waals surface area contributed by atoms with Gasteiger partial charge in [-0.15, -0.1) is 11.8 Å². The number of rotatable bonds is 7. The summed E-state index contributed by atoms with van der Waals surface area (Å²) >= 11 is 1.37. The first-order chi connectivity index (χ1) is 15.8. The molecule has 1 fully saturated rings. The fourth-order valence-electron chi connectivity index (χ4n) is 3.75. The first kappa shape index (κ1) is 23.2. The van der Waals surface area contributed by atoms with E-state index in [2.05, 4.69) is 4.90 Å². The van der Waals surface area contributed by atoms with Crippen molar-refractivity contribution in [1.29, 1.82) is 0 Å². The fourth-order valence-corrected chi connectivity index (χ4v) is 4.64. The monoisotopic (exact) mass is 473 g/mol. The summed E-state index contributed by atoms with van der Waals surface area (Å²) in [4.78, 5) is 13.2. The van der Waals surface area contributed by atoms with Crippen LogP contribution in [-0.4, -0.2) is 35.4 Å². The van der Waals surface area contributed by atoms with Crippen LogP contribution in [-0.2, 0) is 23.2 Å². The van der Waals surface area contributed by atoms with Crippen molar-refractivity contribution in [3.8, 4) is 11.1 Å². The highest BCUT2D eigenvalue weighted by Gasteiger charge is 2.34. The number of halogens is 3. The molecular formula is C25H22F3NO3S. The third-order valence-corrected chi connectivity index (χ3v) is 6.47. The van der Waals surface area contributed by atoms with Gasteiger partial charge in [-0.2, -0.15) is 13.2 Å². The lowest BCUT2D eigenvalue weighted by Crippen LogP contribution is -2.52. The minimum absolute atomic E-state index is 0.179. The summed E-state index contributed by atoms with van der Waals surface area (Å²) in [5.41, 5.74) is 2.19. The number of nitrogens with zero attached hydrogens (tertiary/aromatic N) is 1. The molecule has 1 N–H and O–H groups in total. The zero-order chi connectivity index (χ0) is 23.4. The topological polar surface area (TPSA) is 49.8 Å². The summed E-state index contributed by atoms with van der Waals surface area (Å²) in [6, 6.07) is 21.0. The molecule has 0 amide bonds. The molecule has 0 unspecified atom stereocenters. The highest BCUT2D eigenvalue weighted by Crippen LogP contribution is 2.39. The maximum absolute atomic E-state index is 13.7. The van der Waals surface area contributed by atoms with Crippen molar-refractivity contribution in [2.45, 2.75) is 29.5 Å². The van der Waals surface area contributed by atoms with Gasteiger partial charge in [0.1, 0.15) is 6.10 Å². The molecule has 1 aliphatic heterocycles. The van der Waals surface area contributed by atoms with Gasteiger partial charge in [-0.1, -0.05) is 60.7 Å². The Hall–Kier alpha value is -2.97. The van der Waals surface area contributed by atoms with Gasteiger partial charge in [-0.25, -0.2) is 4.79 Å². The summed E-state index contributed by atoms with van der Waals surface area (Å²) in [6.45, 7) is 1.84. The first-order valence-corrected chi connectivity index (χ1v) is 11.4. The lowest BCUT2D eigenvalue weighted by atomic mass is 9.99. The Morgan fingerprint density at radius 3 is 2.30 bits per heavy atom. The second-order valence-electron chi connectivity index (χ2n) is 7.88. The summed E-state index contributed by atoms with van der Waals surface area (Å²) in [5.74, 6) is 0.556. The van der Waals surface area contributed by atoms with Crippen LogP contribution in [0, 0.1) is 0 Å². The smallest absolute Gasteiger partial charge is 0.450 e. The molecular weight excluding hydrogens is 451 g/mol. The summed E-state index contributed by atoms with van der Waals surface area (Å²) in [6.07, 6.45) is -5.96. The van der Waals surface area contributed by atoms with E-state index in [1.54, 1.807) is 36.4 Å². The molecule has 1 saturated heterocycles. The molecule has 0 saturated carbocycles. The van der Waals surface area contributed by atoms with Gasteiger partial charge in [0.05, 0.1) is 5.56 Å². The number of thioether (sulfide) groups is 1. The number of carbonyl (C=O) groups is 1. The number of alkyl halides is 3. The van der Waals surface area contributed by atoms with Gasteiger partial charge in [0.15, 0.2) is 0 Å². The average molecular weight is 474 g/mol. The zero-order valence-electron chi connectivity index (χ0n) is 17.6. The third-order valence-electron chi connectivity index (χ3n) is 5.41. The predicted octanol–water partition coefficient (Wildman–Crippen LogP) is 6.54. The zero-order valence-corrected chi connectivity index (χ0v) is 18.4. The molecule has 8 heteroatoms. The standard InChI is InChI=1S/C25H22F3NO3S/c26-25(27,28)23-12-21(10-11-22(23)19-4-2-1-3-5-19)33-16-18-8-6-17(7-9-18)13-29-14-20(15-29)32-24(30)31/h1-12,20H,13-16H2,(H,30,31). The quantitative estimate of drug-likeness (QED) is 0.312. The maximum atomic E-state index is 13.7. The normalized spacial score (nSPS) is 14.6. The number of likely N-dealkylation sites (tertiary alicyclic amines) is 1. The number of hydrogen-bond donors (Lipinski definition) is 1. The van der Waals surface area contributed by atoms with Gasteiger partial charge < -0.3 is 9.84 Å². The number of ether oxygens (including phenoxy) is 1. The van der Waals surface area contributed by atoms with Crippen molar-refractivity contribution in [2.24, 2.45) is 0 Å². The van der Waals surface area contributed by atoms with Crippen LogP contribution in [0.3, 0.4) is 0 Å². The minimum atomic E-state index is -4.44. The maximum Gasteiger partial charge on any atom is 0.506 e. The molecule has 0 aromatic heterocycles. The van der Waals surface area contributed by atoms with Crippen LogP contribution < -0.4 is 0 Å². The van der Waals surface area contributed by atoms with E-state index in [0.29, 0.717) is 35.8 Å². The Balaban J connectivity index is 1.36. The van der Waals surface area contributed by atoms with Crippen molar-refractivity contribution in [2.75, 3.05) is 13.1 Å². The van der Waals surface area contributed by atoms with E-state index in [1.807, 2.05) is 24.3 Å². The Morgan fingerprint density at radius 1 is 1.00 bits per heavy atom. The molecule has 4 rings (SSSR count).